The van der Waals surface area contributed by atoms with Crippen LogP contribution in [-0.2, 0) is 10.0 Å². The van der Waals surface area contributed by atoms with Gasteiger partial charge in [-0.3, -0.25) is 0 Å². The molecule has 6 nitrogen and oxygen atoms in total. The lowest BCUT2D eigenvalue weighted by Crippen LogP contribution is -2.34. The highest BCUT2D eigenvalue weighted by Gasteiger charge is 2.24. The third-order valence-electron chi connectivity index (χ3n) is 3.78. The normalized spacial score (nSPS) is 24.2. The largest absolute Gasteiger partial charge is 0.477 e. The monoisotopic (exact) mass is 300 g/mol. The van der Waals surface area contributed by atoms with Gasteiger partial charge in [-0.05, 0) is 31.2 Å². The van der Waals surface area contributed by atoms with Gasteiger partial charge < -0.3 is 10.1 Å². The van der Waals surface area contributed by atoms with E-state index in [2.05, 4.69) is 16.6 Å². The molecule has 2 unspecified atom stereocenters. The first-order valence-corrected chi connectivity index (χ1v) is 8.31. The van der Waals surface area contributed by atoms with Crippen molar-refractivity contribution < 1.29 is 18.3 Å². The van der Waals surface area contributed by atoms with Crippen molar-refractivity contribution in [3.63, 3.8) is 0 Å². The number of aromatic amines is 1. The molecule has 20 heavy (non-hydrogen) atoms. The zero-order valence-corrected chi connectivity index (χ0v) is 12.2. The molecule has 1 fully saturated rings. The van der Waals surface area contributed by atoms with Gasteiger partial charge in [0.1, 0.15) is 10.6 Å². The van der Waals surface area contributed by atoms with Crippen LogP contribution < -0.4 is 4.72 Å². The number of H-pyrrole nitrogens is 1. The molecule has 0 radical (unpaired) electrons. The minimum atomic E-state index is -3.65. The number of rotatable bonds is 4. The standard InChI is InChI=1S/C13H20N2O4S/c1-9-3-2-4-10(6-5-9)15-20(18,19)11-7-12(13(16)17)14-8-11/h7-10,14-15H,2-6H2,1H3,(H,16,17). The van der Waals surface area contributed by atoms with Crippen molar-refractivity contribution in [3.8, 4) is 0 Å². The van der Waals surface area contributed by atoms with Gasteiger partial charge in [-0.1, -0.05) is 19.8 Å². The topological polar surface area (TPSA) is 99.3 Å². The average molecular weight is 300 g/mol. The Kier molecular flexibility index (Phi) is 4.49. The maximum Gasteiger partial charge on any atom is 0.352 e. The molecule has 1 aliphatic rings. The SMILES string of the molecule is CC1CCCC(NS(=O)(=O)c2c[nH]c(C(=O)O)c2)CC1. The van der Waals surface area contributed by atoms with Crippen LogP contribution in [0.3, 0.4) is 0 Å². The van der Waals surface area contributed by atoms with E-state index in [9.17, 15) is 13.2 Å². The molecule has 0 aromatic carbocycles. The van der Waals surface area contributed by atoms with Gasteiger partial charge in [0.15, 0.2) is 0 Å². The number of aromatic carboxylic acids is 1. The van der Waals surface area contributed by atoms with Crippen molar-refractivity contribution in [2.45, 2.75) is 50.0 Å². The van der Waals surface area contributed by atoms with Crippen LogP contribution in [-0.4, -0.2) is 30.5 Å². The van der Waals surface area contributed by atoms with Crippen molar-refractivity contribution >= 4 is 16.0 Å². The molecular weight excluding hydrogens is 280 g/mol. The molecule has 7 heteroatoms. The van der Waals surface area contributed by atoms with Crippen molar-refractivity contribution in [1.82, 2.24) is 9.71 Å². The Hall–Kier alpha value is -1.34. The molecule has 3 N–H and O–H groups in total. The second-order valence-corrected chi connectivity index (χ2v) is 7.20. The van der Waals surface area contributed by atoms with Gasteiger partial charge in [0.2, 0.25) is 10.0 Å². The maximum atomic E-state index is 12.2. The number of carbonyl (C=O) groups is 1. The molecule has 0 bridgehead atoms. The molecule has 1 aromatic heterocycles. The van der Waals surface area contributed by atoms with E-state index in [0.717, 1.165) is 38.2 Å². The van der Waals surface area contributed by atoms with Crippen LogP contribution in [0, 0.1) is 5.92 Å². The van der Waals surface area contributed by atoms with Gasteiger partial charge in [0.25, 0.3) is 0 Å². The highest BCUT2D eigenvalue weighted by Crippen LogP contribution is 2.24. The summed E-state index contributed by atoms with van der Waals surface area (Å²) in [4.78, 5) is 13.2. The quantitative estimate of drug-likeness (QED) is 0.740. The zero-order valence-electron chi connectivity index (χ0n) is 11.4. The summed E-state index contributed by atoms with van der Waals surface area (Å²) in [5.41, 5.74) is -0.125. The minimum absolute atomic E-state index is 0.0211. The molecule has 112 valence electrons. The smallest absolute Gasteiger partial charge is 0.352 e. The van der Waals surface area contributed by atoms with Crippen molar-refractivity contribution in [1.29, 1.82) is 0 Å². The summed E-state index contributed by atoms with van der Waals surface area (Å²) in [5.74, 6) is -0.537. The molecule has 1 aliphatic carbocycles. The van der Waals surface area contributed by atoms with Gasteiger partial charge in [0, 0.05) is 12.2 Å². The second kappa shape index (κ2) is 5.97. The fourth-order valence-electron chi connectivity index (χ4n) is 2.55. The fourth-order valence-corrected chi connectivity index (χ4v) is 3.84. The van der Waals surface area contributed by atoms with E-state index in [-0.39, 0.29) is 16.6 Å². The van der Waals surface area contributed by atoms with E-state index >= 15 is 0 Å². The highest BCUT2D eigenvalue weighted by atomic mass is 32.2. The summed E-state index contributed by atoms with van der Waals surface area (Å²) in [6.45, 7) is 2.18. The van der Waals surface area contributed by atoms with Crippen molar-refractivity contribution in [3.05, 3.63) is 18.0 Å². The van der Waals surface area contributed by atoms with Gasteiger partial charge in [-0.15, -0.1) is 0 Å². The Balaban J connectivity index is 2.08. The third kappa shape index (κ3) is 3.61. The summed E-state index contributed by atoms with van der Waals surface area (Å²) in [7, 11) is -3.65. The van der Waals surface area contributed by atoms with Crippen molar-refractivity contribution in [2.75, 3.05) is 0 Å². The number of carboxylic acids is 1. The van der Waals surface area contributed by atoms with Crippen LogP contribution in [0.25, 0.3) is 0 Å². The molecule has 1 heterocycles. The molecular formula is C13H20N2O4S. The molecule has 0 spiro atoms. The van der Waals surface area contributed by atoms with Crippen LogP contribution in [0.4, 0.5) is 0 Å². The number of sulfonamides is 1. The molecule has 0 aliphatic heterocycles. The van der Waals surface area contributed by atoms with Crippen LogP contribution in [0.1, 0.15) is 49.5 Å². The Labute approximate surface area is 118 Å². The summed E-state index contributed by atoms with van der Waals surface area (Å²) in [6, 6.07) is 1.08. The van der Waals surface area contributed by atoms with Gasteiger partial charge in [0.05, 0.1) is 0 Å². The lowest BCUT2D eigenvalue weighted by atomic mass is 10.0. The first-order valence-electron chi connectivity index (χ1n) is 6.82. The van der Waals surface area contributed by atoms with Crippen LogP contribution in [0.15, 0.2) is 17.2 Å². The summed E-state index contributed by atoms with van der Waals surface area (Å²) in [5, 5.41) is 8.81. The molecule has 0 saturated heterocycles. The van der Waals surface area contributed by atoms with Crippen LogP contribution >= 0.6 is 0 Å². The van der Waals surface area contributed by atoms with E-state index in [1.165, 1.54) is 6.20 Å². The second-order valence-electron chi connectivity index (χ2n) is 5.49. The Morgan fingerprint density at radius 1 is 1.35 bits per heavy atom. The summed E-state index contributed by atoms with van der Waals surface area (Å²) >= 11 is 0. The zero-order chi connectivity index (χ0) is 14.8. The number of nitrogens with one attached hydrogen (secondary N) is 2. The molecule has 1 saturated carbocycles. The van der Waals surface area contributed by atoms with E-state index in [4.69, 9.17) is 5.11 Å². The molecule has 2 rings (SSSR count). The highest BCUT2D eigenvalue weighted by molar-refractivity contribution is 7.89. The fraction of sp³-hybridized carbons (Fsp3) is 0.615. The Bertz CT molecular complexity index is 579. The number of hydrogen-bond acceptors (Lipinski definition) is 3. The van der Waals surface area contributed by atoms with E-state index < -0.39 is 16.0 Å². The molecule has 1 aromatic rings. The first kappa shape index (κ1) is 15.1. The number of aromatic nitrogens is 1. The lowest BCUT2D eigenvalue weighted by molar-refractivity contribution is 0.0691. The maximum absolute atomic E-state index is 12.2. The first-order chi connectivity index (χ1) is 9.38. The minimum Gasteiger partial charge on any atom is -0.477 e. The predicted molar refractivity (Wildman–Crippen MR) is 74.1 cm³/mol. The van der Waals surface area contributed by atoms with Crippen LogP contribution in [0.2, 0.25) is 0 Å². The third-order valence-corrected chi connectivity index (χ3v) is 5.28. The molecule has 0 amide bonds. The number of hydrogen-bond donors (Lipinski definition) is 3. The van der Waals surface area contributed by atoms with E-state index in [1.807, 2.05) is 0 Å². The molecule has 2 atom stereocenters. The average Bonchev–Trinajstić information content (AvgIpc) is 2.78. The summed E-state index contributed by atoms with van der Waals surface area (Å²) < 4.78 is 27.1. The Morgan fingerprint density at radius 3 is 2.75 bits per heavy atom. The summed E-state index contributed by atoms with van der Waals surface area (Å²) in [6.07, 6.45) is 6.04. The van der Waals surface area contributed by atoms with Gasteiger partial charge in [-0.25, -0.2) is 17.9 Å². The predicted octanol–water partition coefficient (Wildman–Crippen LogP) is 1.96. The lowest BCUT2D eigenvalue weighted by Gasteiger charge is -2.15. The van der Waals surface area contributed by atoms with Crippen molar-refractivity contribution in [2.24, 2.45) is 5.92 Å². The van der Waals surface area contributed by atoms with E-state index in [0.29, 0.717) is 5.92 Å². The number of carboxylic acid groups (broad SMARTS) is 1. The van der Waals surface area contributed by atoms with Gasteiger partial charge in [-0.2, -0.15) is 0 Å². The Morgan fingerprint density at radius 2 is 2.10 bits per heavy atom. The van der Waals surface area contributed by atoms with Crippen LogP contribution in [0.5, 0.6) is 0 Å². The van der Waals surface area contributed by atoms with Gasteiger partial charge >= 0.3 is 5.97 Å². The van der Waals surface area contributed by atoms with E-state index in [1.54, 1.807) is 0 Å².